The minimum Gasteiger partial charge on any atom is -0.290 e. The number of amidine groups is 1. The van der Waals surface area contributed by atoms with E-state index in [0.717, 1.165) is 13.0 Å². The summed E-state index contributed by atoms with van der Waals surface area (Å²) in [7, 11) is 0. The smallest absolute Gasteiger partial charge is 0.117 e. The Bertz CT molecular complexity index is 111. The lowest BCUT2D eigenvalue weighted by molar-refractivity contribution is 0.233. The van der Waals surface area contributed by atoms with Crippen LogP contribution in [0.2, 0.25) is 0 Å². The van der Waals surface area contributed by atoms with E-state index in [2.05, 4.69) is 18.8 Å². The maximum Gasteiger partial charge on any atom is 0.117 e. The van der Waals surface area contributed by atoms with Crippen LogP contribution in [0.15, 0.2) is 4.99 Å². The van der Waals surface area contributed by atoms with Crippen molar-refractivity contribution in [2.75, 3.05) is 6.54 Å². The number of aliphatic imine (C=N–C) groups is 1. The summed E-state index contributed by atoms with van der Waals surface area (Å²) in [6, 6.07) is 0. The van der Waals surface area contributed by atoms with Crippen molar-refractivity contribution in [2.45, 2.75) is 41.0 Å². The van der Waals surface area contributed by atoms with Crippen molar-refractivity contribution < 1.29 is 5.21 Å². The molecule has 74 valence electrons. The number of nitrogens with zero attached hydrogens (tertiary/aromatic N) is 1. The molecular weight excluding hydrogens is 152 g/mol. The molecule has 0 unspecified atom stereocenters. The van der Waals surface area contributed by atoms with Crippen LogP contribution in [0.25, 0.3) is 0 Å². The van der Waals surface area contributed by atoms with Crippen LogP contribution in [0.1, 0.15) is 41.0 Å². The number of rotatable bonds is 3. The molecule has 0 aromatic rings. The van der Waals surface area contributed by atoms with Gasteiger partial charge in [0.1, 0.15) is 5.84 Å². The molecule has 0 heterocycles. The van der Waals surface area contributed by atoms with Gasteiger partial charge in [0.2, 0.25) is 0 Å². The molecule has 0 aromatic heterocycles. The van der Waals surface area contributed by atoms with E-state index in [0.29, 0.717) is 11.8 Å². The summed E-state index contributed by atoms with van der Waals surface area (Å²) in [6.07, 6.45) is 1.07. The summed E-state index contributed by atoms with van der Waals surface area (Å²) >= 11 is 0. The highest BCUT2D eigenvalue weighted by Gasteiger charge is 1.91. The van der Waals surface area contributed by atoms with Crippen molar-refractivity contribution in [3.8, 4) is 0 Å². The molecule has 12 heavy (non-hydrogen) atoms. The second kappa shape index (κ2) is 10.4. The highest BCUT2D eigenvalue weighted by atomic mass is 16.5. The van der Waals surface area contributed by atoms with Gasteiger partial charge in [0, 0.05) is 6.54 Å². The summed E-state index contributed by atoms with van der Waals surface area (Å²) in [5.74, 6) is 1.26. The molecule has 3 nitrogen and oxygen atoms in total. The molecule has 0 amide bonds. The van der Waals surface area contributed by atoms with Gasteiger partial charge >= 0.3 is 0 Å². The van der Waals surface area contributed by atoms with Crippen LogP contribution in [0.5, 0.6) is 0 Å². The number of hydrogen-bond acceptors (Lipinski definition) is 2. The molecule has 0 spiro atoms. The molecule has 0 saturated carbocycles. The second-order valence-corrected chi connectivity index (χ2v) is 2.76. The molecular formula is C9H22N2O. The van der Waals surface area contributed by atoms with Crippen molar-refractivity contribution >= 4 is 5.84 Å². The van der Waals surface area contributed by atoms with Crippen molar-refractivity contribution in [1.29, 1.82) is 0 Å². The second-order valence-electron chi connectivity index (χ2n) is 2.76. The molecule has 0 aliphatic rings. The number of hydroxylamine groups is 1. The first-order valence-corrected chi connectivity index (χ1v) is 4.58. The van der Waals surface area contributed by atoms with E-state index in [1.165, 1.54) is 0 Å². The van der Waals surface area contributed by atoms with E-state index in [1.54, 1.807) is 6.92 Å². The first-order valence-electron chi connectivity index (χ1n) is 4.58. The molecule has 0 aliphatic heterocycles. The van der Waals surface area contributed by atoms with Crippen LogP contribution in [-0.4, -0.2) is 17.6 Å². The third-order valence-corrected chi connectivity index (χ3v) is 1.22. The van der Waals surface area contributed by atoms with Crippen LogP contribution in [-0.2, 0) is 0 Å². The quantitative estimate of drug-likeness (QED) is 0.392. The fourth-order valence-electron chi connectivity index (χ4n) is 0.526. The molecule has 0 atom stereocenters. The Labute approximate surface area is 75.9 Å². The van der Waals surface area contributed by atoms with Crippen LogP contribution in [0, 0.1) is 5.92 Å². The predicted octanol–water partition coefficient (Wildman–Crippen LogP) is 2.46. The summed E-state index contributed by atoms with van der Waals surface area (Å²) < 4.78 is 0. The van der Waals surface area contributed by atoms with E-state index in [-0.39, 0.29) is 0 Å². The molecule has 0 bridgehead atoms. The summed E-state index contributed by atoms with van der Waals surface area (Å²) in [6.45, 7) is 10.8. The first-order chi connectivity index (χ1) is 5.66. The summed E-state index contributed by atoms with van der Waals surface area (Å²) in [5.41, 5.74) is 1.99. The van der Waals surface area contributed by atoms with Gasteiger partial charge in [-0.15, -0.1) is 0 Å². The average Bonchev–Trinajstić information content (AvgIpc) is 2.07. The highest BCUT2D eigenvalue weighted by molar-refractivity contribution is 5.78. The molecule has 0 rings (SSSR count). The Balaban J connectivity index is 0. The zero-order valence-electron chi connectivity index (χ0n) is 8.89. The van der Waals surface area contributed by atoms with Crippen LogP contribution in [0.4, 0.5) is 0 Å². The zero-order valence-corrected chi connectivity index (χ0v) is 8.89. The first kappa shape index (κ1) is 14.0. The minimum absolute atomic E-state index is 0.584. The van der Waals surface area contributed by atoms with E-state index < -0.39 is 0 Å². The van der Waals surface area contributed by atoms with Gasteiger partial charge in [0.05, 0.1) is 0 Å². The largest absolute Gasteiger partial charge is 0.290 e. The fraction of sp³-hybridized carbons (Fsp3) is 0.889. The van der Waals surface area contributed by atoms with Gasteiger partial charge < -0.3 is 0 Å². The normalized spacial score (nSPS) is 10.8. The SMILES string of the molecule is CC.CC(=NCCC(C)C)NO. The fourth-order valence-corrected chi connectivity index (χ4v) is 0.526. The molecule has 0 saturated heterocycles. The molecule has 0 radical (unpaired) electrons. The lowest BCUT2D eigenvalue weighted by atomic mass is 10.1. The van der Waals surface area contributed by atoms with Crippen molar-refractivity contribution in [3.05, 3.63) is 0 Å². The standard InChI is InChI=1S/C7H16N2O.C2H6/c1-6(2)4-5-8-7(3)9-10;1-2/h6,10H,4-5H2,1-3H3,(H,8,9);1-2H3. The van der Waals surface area contributed by atoms with Gasteiger partial charge in [-0.2, -0.15) is 0 Å². The highest BCUT2D eigenvalue weighted by Crippen LogP contribution is 1.98. The van der Waals surface area contributed by atoms with E-state index in [9.17, 15) is 0 Å². The number of nitrogens with one attached hydrogen (secondary N) is 1. The maximum absolute atomic E-state index is 8.32. The van der Waals surface area contributed by atoms with Crippen molar-refractivity contribution in [1.82, 2.24) is 5.48 Å². The van der Waals surface area contributed by atoms with Gasteiger partial charge in [0.25, 0.3) is 0 Å². The van der Waals surface area contributed by atoms with Gasteiger partial charge in [0.15, 0.2) is 0 Å². The van der Waals surface area contributed by atoms with E-state index in [1.807, 2.05) is 19.3 Å². The summed E-state index contributed by atoms with van der Waals surface area (Å²) in [4.78, 5) is 4.04. The Morgan fingerprint density at radius 2 is 1.92 bits per heavy atom. The Kier molecular flexibility index (Phi) is 12.2. The van der Waals surface area contributed by atoms with Gasteiger partial charge in [-0.3, -0.25) is 15.7 Å². The average molecular weight is 174 g/mol. The summed E-state index contributed by atoms with van der Waals surface area (Å²) in [5, 5.41) is 8.32. The molecule has 0 aliphatic carbocycles. The third-order valence-electron chi connectivity index (χ3n) is 1.22. The van der Waals surface area contributed by atoms with Crippen molar-refractivity contribution in [3.63, 3.8) is 0 Å². The molecule has 2 N–H and O–H groups in total. The lowest BCUT2D eigenvalue weighted by Crippen LogP contribution is -2.15. The third kappa shape index (κ3) is 12.1. The molecule has 0 fully saturated rings. The Hall–Kier alpha value is -0.570. The minimum atomic E-state index is 0.584. The van der Waals surface area contributed by atoms with Gasteiger partial charge in [-0.25, -0.2) is 0 Å². The van der Waals surface area contributed by atoms with Crippen LogP contribution in [0.3, 0.4) is 0 Å². The topological polar surface area (TPSA) is 44.6 Å². The van der Waals surface area contributed by atoms with Crippen molar-refractivity contribution in [2.24, 2.45) is 10.9 Å². The van der Waals surface area contributed by atoms with Crippen LogP contribution < -0.4 is 5.48 Å². The van der Waals surface area contributed by atoms with Gasteiger partial charge in [-0.1, -0.05) is 27.7 Å². The predicted molar refractivity (Wildman–Crippen MR) is 53.7 cm³/mol. The lowest BCUT2D eigenvalue weighted by Gasteiger charge is -2.00. The van der Waals surface area contributed by atoms with Crippen LogP contribution >= 0.6 is 0 Å². The van der Waals surface area contributed by atoms with Gasteiger partial charge in [-0.05, 0) is 19.3 Å². The zero-order chi connectivity index (χ0) is 9.98. The molecule has 3 heteroatoms. The Morgan fingerprint density at radius 3 is 2.25 bits per heavy atom. The maximum atomic E-state index is 8.32. The Morgan fingerprint density at radius 1 is 1.42 bits per heavy atom. The monoisotopic (exact) mass is 174 g/mol. The number of hydrogen-bond donors (Lipinski definition) is 2. The van der Waals surface area contributed by atoms with E-state index in [4.69, 9.17) is 5.21 Å². The molecule has 0 aromatic carbocycles. The van der Waals surface area contributed by atoms with E-state index >= 15 is 0 Å².